The van der Waals surface area contributed by atoms with Crippen LogP contribution in [0.4, 0.5) is 5.69 Å². The molecule has 2 heterocycles. The molecule has 0 aromatic heterocycles. The number of nitrogens with one attached hydrogen (secondary N) is 1. The van der Waals surface area contributed by atoms with E-state index < -0.39 is 10.0 Å². The van der Waals surface area contributed by atoms with Crippen LogP contribution in [0.25, 0.3) is 0 Å². The molecule has 4 rings (SSSR count). The van der Waals surface area contributed by atoms with Crippen LogP contribution in [0.3, 0.4) is 0 Å². The van der Waals surface area contributed by atoms with E-state index in [1.54, 1.807) is 28.6 Å². The van der Waals surface area contributed by atoms with Gasteiger partial charge in [0.1, 0.15) is 0 Å². The highest BCUT2D eigenvalue weighted by Gasteiger charge is 2.31. The van der Waals surface area contributed by atoms with Crippen LogP contribution in [0.2, 0.25) is 0 Å². The zero-order valence-corrected chi connectivity index (χ0v) is 18.7. The third kappa shape index (κ3) is 5.34. The molecule has 0 saturated carbocycles. The second-order valence-corrected chi connectivity index (χ2v) is 10.4. The summed E-state index contributed by atoms with van der Waals surface area (Å²) in [7, 11) is -3.54. The van der Waals surface area contributed by atoms with Gasteiger partial charge in [0.15, 0.2) is 0 Å². The standard InChI is InChI=1S/C24H31N3O3S/c28-24(23-14-9-15-26(23)19-20-10-4-3-5-11-20)25-21-12-8-13-22(18-21)31(29,30)27-16-6-1-2-7-17-27/h3-5,8,10-13,18,23H,1-2,6-7,9,14-17,19H2,(H,25,28). The molecule has 0 radical (unpaired) electrons. The van der Waals surface area contributed by atoms with Gasteiger partial charge in [0.05, 0.1) is 10.9 Å². The van der Waals surface area contributed by atoms with Gasteiger partial charge in [0.25, 0.3) is 0 Å². The van der Waals surface area contributed by atoms with Crippen LogP contribution in [0.15, 0.2) is 59.5 Å². The summed E-state index contributed by atoms with van der Waals surface area (Å²) in [5.74, 6) is -0.0715. The summed E-state index contributed by atoms with van der Waals surface area (Å²) in [6.45, 7) is 2.75. The first-order valence-corrected chi connectivity index (χ1v) is 12.7. The number of anilines is 1. The van der Waals surface area contributed by atoms with E-state index in [1.807, 2.05) is 18.2 Å². The summed E-state index contributed by atoms with van der Waals surface area (Å²) in [5.41, 5.74) is 1.72. The predicted molar refractivity (Wildman–Crippen MR) is 122 cm³/mol. The maximum Gasteiger partial charge on any atom is 0.243 e. The van der Waals surface area contributed by atoms with Crippen molar-refractivity contribution in [3.63, 3.8) is 0 Å². The first-order chi connectivity index (χ1) is 15.0. The lowest BCUT2D eigenvalue weighted by atomic mass is 10.1. The molecule has 7 heteroatoms. The molecular formula is C24H31N3O3S. The molecule has 1 amide bonds. The molecule has 1 N–H and O–H groups in total. The van der Waals surface area contributed by atoms with Gasteiger partial charge < -0.3 is 5.32 Å². The first-order valence-electron chi connectivity index (χ1n) is 11.2. The van der Waals surface area contributed by atoms with Gasteiger partial charge in [-0.15, -0.1) is 0 Å². The fraction of sp³-hybridized carbons (Fsp3) is 0.458. The van der Waals surface area contributed by atoms with E-state index in [0.29, 0.717) is 18.8 Å². The fourth-order valence-electron chi connectivity index (χ4n) is 4.52. The third-order valence-electron chi connectivity index (χ3n) is 6.20. The summed E-state index contributed by atoms with van der Waals surface area (Å²) in [4.78, 5) is 15.5. The highest BCUT2D eigenvalue weighted by Crippen LogP contribution is 2.25. The molecule has 2 aromatic rings. The number of benzene rings is 2. The van der Waals surface area contributed by atoms with Crippen molar-refractivity contribution in [1.29, 1.82) is 0 Å². The molecule has 1 atom stereocenters. The van der Waals surface area contributed by atoms with E-state index >= 15 is 0 Å². The molecule has 2 fully saturated rings. The lowest BCUT2D eigenvalue weighted by Crippen LogP contribution is -2.39. The molecule has 2 aromatic carbocycles. The average Bonchev–Trinajstić information content (AvgIpc) is 3.05. The number of rotatable bonds is 6. The molecule has 0 bridgehead atoms. The van der Waals surface area contributed by atoms with Gasteiger partial charge in [0, 0.05) is 25.3 Å². The Bertz CT molecular complexity index is 986. The number of carbonyl (C=O) groups excluding carboxylic acids is 1. The molecule has 0 aliphatic carbocycles. The van der Waals surface area contributed by atoms with E-state index in [0.717, 1.165) is 51.6 Å². The summed E-state index contributed by atoms with van der Waals surface area (Å²) in [6.07, 6.45) is 5.73. The van der Waals surface area contributed by atoms with Crippen molar-refractivity contribution in [2.45, 2.75) is 56.0 Å². The number of hydrogen-bond donors (Lipinski definition) is 1. The van der Waals surface area contributed by atoms with Gasteiger partial charge in [-0.25, -0.2) is 8.42 Å². The maximum absolute atomic E-state index is 13.1. The van der Waals surface area contributed by atoms with Crippen molar-refractivity contribution in [2.75, 3.05) is 25.0 Å². The Morgan fingerprint density at radius 1 is 0.903 bits per heavy atom. The van der Waals surface area contributed by atoms with Gasteiger partial charge in [-0.1, -0.05) is 49.2 Å². The Kier molecular flexibility index (Phi) is 7.05. The van der Waals surface area contributed by atoms with Crippen LogP contribution < -0.4 is 5.32 Å². The Morgan fingerprint density at radius 2 is 1.65 bits per heavy atom. The molecule has 2 aliphatic heterocycles. The smallest absolute Gasteiger partial charge is 0.243 e. The van der Waals surface area contributed by atoms with E-state index in [9.17, 15) is 13.2 Å². The van der Waals surface area contributed by atoms with Crippen molar-refractivity contribution in [1.82, 2.24) is 9.21 Å². The monoisotopic (exact) mass is 441 g/mol. The van der Waals surface area contributed by atoms with Crippen LogP contribution in [0.1, 0.15) is 44.1 Å². The maximum atomic E-state index is 13.1. The number of likely N-dealkylation sites (tertiary alicyclic amines) is 1. The normalized spacial score (nSPS) is 21.0. The molecule has 0 spiro atoms. The topological polar surface area (TPSA) is 69.7 Å². The van der Waals surface area contributed by atoms with Gasteiger partial charge in [-0.2, -0.15) is 4.31 Å². The highest BCUT2D eigenvalue weighted by molar-refractivity contribution is 7.89. The Morgan fingerprint density at radius 3 is 2.39 bits per heavy atom. The minimum atomic E-state index is -3.54. The predicted octanol–water partition coefficient (Wildman–Crippen LogP) is 3.85. The molecule has 6 nitrogen and oxygen atoms in total. The van der Waals surface area contributed by atoms with Crippen molar-refractivity contribution in [2.24, 2.45) is 0 Å². The molecule has 31 heavy (non-hydrogen) atoms. The van der Waals surface area contributed by atoms with Crippen LogP contribution in [0, 0.1) is 0 Å². The quantitative estimate of drug-likeness (QED) is 0.739. The van der Waals surface area contributed by atoms with Crippen LogP contribution in [-0.4, -0.2) is 49.2 Å². The largest absolute Gasteiger partial charge is 0.325 e. The number of hydrogen-bond acceptors (Lipinski definition) is 4. The number of nitrogens with zero attached hydrogens (tertiary/aromatic N) is 2. The zero-order valence-electron chi connectivity index (χ0n) is 17.9. The second kappa shape index (κ2) is 9.94. The average molecular weight is 442 g/mol. The number of sulfonamides is 1. The summed E-state index contributed by atoms with van der Waals surface area (Å²) < 4.78 is 27.8. The summed E-state index contributed by atoms with van der Waals surface area (Å²) in [6, 6.07) is 16.6. The number of amides is 1. The minimum Gasteiger partial charge on any atom is -0.325 e. The second-order valence-electron chi connectivity index (χ2n) is 8.45. The van der Waals surface area contributed by atoms with Crippen molar-refractivity contribution in [3.8, 4) is 0 Å². The van der Waals surface area contributed by atoms with Crippen molar-refractivity contribution >= 4 is 21.6 Å². The minimum absolute atomic E-state index is 0.0715. The van der Waals surface area contributed by atoms with Gasteiger partial charge in [-0.3, -0.25) is 9.69 Å². The van der Waals surface area contributed by atoms with E-state index in [2.05, 4.69) is 22.3 Å². The Labute approximate surface area is 185 Å². The van der Waals surface area contributed by atoms with E-state index in [-0.39, 0.29) is 16.8 Å². The number of carbonyl (C=O) groups is 1. The fourth-order valence-corrected chi connectivity index (χ4v) is 6.08. The molecule has 2 aliphatic rings. The highest BCUT2D eigenvalue weighted by atomic mass is 32.2. The lowest BCUT2D eigenvalue weighted by Gasteiger charge is -2.24. The van der Waals surface area contributed by atoms with Crippen LogP contribution in [0.5, 0.6) is 0 Å². The van der Waals surface area contributed by atoms with E-state index in [1.165, 1.54) is 5.56 Å². The molecule has 166 valence electrons. The zero-order chi connectivity index (χ0) is 21.7. The van der Waals surface area contributed by atoms with Gasteiger partial charge in [0.2, 0.25) is 15.9 Å². The Balaban J connectivity index is 1.45. The van der Waals surface area contributed by atoms with Crippen LogP contribution in [-0.2, 0) is 21.4 Å². The summed E-state index contributed by atoms with van der Waals surface area (Å²) in [5, 5.41) is 2.96. The molecular weight excluding hydrogens is 410 g/mol. The lowest BCUT2D eigenvalue weighted by molar-refractivity contribution is -0.120. The van der Waals surface area contributed by atoms with Gasteiger partial charge in [-0.05, 0) is 56.0 Å². The van der Waals surface area contributed by atoms with Crippen LogP contribution >= 0.6 is 0 Å². The Hall–Kier alpha value is -2.22. The van der Waals surface area contributed by atoms with Crippen molar-refractivity contribution in [3.05, 3.63) is 60.2 Å². The SMILES string of the molecule is O=C(Nc1cccc(S(=O)(=O)N2CCCCCC2)c1)C1CCCN1Cc1ccccc1. The van der Waals surface area contributed by atoms with Gasteiger partial charge >= 0.3 is 0 Å². The third-order valence-corrected chi connectivity index (χ3v) is 8.09. The van der Waals surface area contributed by atoms with Crippen molar-refractivity contribution < 1.29 is 13.2 Å². The summed E-state index contributed by atoms with van der Waals surface area (Å²) >= 11 is 0. The molecule has 1 unspecified atom stereocenters. The van der Waals surface area contributed by atoms with E-state index in [4.69, 9.17) is 0 Å². The molecule has 2 saturated heterocycles. The first kappa shape index (κ1) is 22.0.